The number of amides is 2. The molecule has 1 fully saturated rings. The molecule has 2 aromatic rings. The molecule has 3 aliphatic rings. The molecule has 3 atom stereocenters. The zero-order valence-corrected chi connectivity index (χ0v) is 17.5. The van der Waals surface area contributed by atoms with Crippen molar-refractivity contribution in [1.29, 1.82) is 0 Å². The first kappa shape index (κ1) is 19.5. The number of para-hydroxylation sites is 3. The summed E-state index contributed by atoms with van der Waals surface area (Å²) in [6.07, 6.45) is 0. The Hall–Kier alpha value is -3.46. The van der Waals surface area contributed by atoms with Crippen LogP contribution in [0.2, 0.25) is 0 Å². The Morgan fingerprint density at radius 1 is 0.968 bits per heavy atom. The van der Waals surface area contributed by atoms with Crippen LogP contribution in [0.3, 0.4) is 0 Å². The van der Waals surface area contributed by atoms with Crippen LogP contribution in [-0.4, -0.2) is 37.3 Å². The van der Waals surface area contributed by atoms with Gasteiger partial charge in [-0.1, -0.05) is 36.0 Å². The molecule has 0 unspecified atom stereocenters. The molecule has 158 valence electrons. The lowest BCUT2D eigenvalue weighted by molar-refractivity contribution is -0.132. The van der Waals surface area contributed by atoms with Gasteiger partial charge >= 0.3 is 5.97 Å². The number of nitrogens with two attached hydrogens (primary N) is 1. The van der Waals surface area contributed by atoms with Gasteiger partial charge in [-0.25, -0.2) is 9.69 Å². The Balaban J connectivity index is 1.68. The summed E-state index contributed by atoms with van der Waals surface area (Å²) in [5, 5.41) is -0.580. The SMILES string of the molecule is COc1ccccc1N1C(=O)[C@@H]2[C@H](SC(N)=C3C(=O)Oc4c(OC)cccc4[C@H]32)C1=O. The standard InChI is InChI=1S/C22H18N2O6S/c1-28-12-8-4-3-7-11(12)24-20(25)15-14-10-6-5-9-13(29-2)17(10)30-22(27)16(14)19(23)31-18(15)21(24)26/h3-9,14-15,18H,23H2,1-2H3/t14-,15-,18-/m0/s1. The van der Waals surface area contributed by atoms with Crippen molar-refractivity contribution in [2.24, 2.45) is 11.7 Å². The van der Waals surface area contributed by atoms with Crippen LogP contribution in [0.25, 0.3) is 0 Å². The number of esters is 1. The van der Waals surface area contributed by atoms with Crippen molar-refractivity contribution in [3.63, 3.8) is 0 Å². The minimum absolute atomic E-state index is 0.188. The average Bonchev–Trinajstić information content (AvgIpc) is 3.02. The summed E-state index contributed by atoms with van der Waals surface area (Å²) >= 11 is 1.03. The lowest BCUT2D eigenvalue weighted by Crippen LogP contribution is -2.39. The average molecular weight is 438 g/mol. The molecule has 2 aromatic carbocycles. The second kappa shape index (κ2) is 7.05. The highest BCUT2D eigenvalue weighted by atomic mass is 32.2. The van der Waals surface area contributed by atoms with Gasteiger partial charge in [0.1, 0.15) is 11.0 Å². The Kier molecular flexibility index (Phi) is 4.44. The summed E-state index contributed by atoms with van der Waals surface area (Å²) in [5.41, 5.74) is 7.37. The second-order valence-corrected chi connectivity index (χ2v) is 8.46. The third-order valence-electron chi connectivity index (χ3n) is 5.79. The minimum Gasteiger partial charge on any atom is -0.495 e. The first-order valence-corrected chi connectivity index (χ1v) is 10.4. The first-order chi connectivity index (χ1) is 15.0. The summed E-state index contributed by atoms with van der Waals surface area (Å²) in [6.45, 7) is 0. The van der Waals surface area contributed by atoms with E-state index < -0.39 is 34.9 Å². The van der Waals surface area contributed by atoms with Crippen molar-refractivity contribution in [3.05, 3.63) is 58.6 Å². The van der Waals surface area contributed by atoms with Gasteiger partial charge < -0.3 is 19.9 Å². The van der Waals surface area contributed by atoms with Gasteiger partial charge in [0.05, 0.1) is 36.4 Å². The number of rotatable bonds is 3. The third kappa shape index (κ3) is 2.66. The summed E-state index contributed by atoms with van der Waals surface area (Å²) in [7, 11) is 2.94. The van der Waals surface area contributed by atoms with E-state index in [1.807, 2.05) is 0 Å². The van der Waals surface area contributed by atoms with Crippen molar-refractivity contribution < 1.29 is 28.6 Å². The molecule has 3 aliphatic heterocycles. The van der Waals surface area contributed by atoms with E-state index >= 15 is 0 Å². The molecule has 5 rings (SSSR count). The van der Waals surface area contributed by atoms with Crippen LogP contribution in [0.1, 0.15) is 11.5 Å². The number of hydrogen-bond donors (Lipinski definition) is 1. The van der Waals surface area contributed by atoms with E-state index in [2.05, 4.69) is 0 Å². The molecule has 0 radical (unpaired) electrons. The monoisotopic (exact) mass is 438 g/mol. The van der Waals surface area contributed by atoms with Crippen LogP contribution in [0.5, 0.6) is 17.2 Å². The Labute approximate surface area is 181 Å². The molecule has 3 heterocycles. The normalized spacial score (nSPS) is 24.4. The largest absolute Gasteiger partial charge is 0.495 e. The molecule has 8 nitrogen and oxygen atoms in total. The van der Waals surface area contributed by atoms with Gasteiger partial charge in [-0.05, 0) is 18.2 Å². The number of benzene rings is 2. The molecule has 0 spiro atoms. The van der Waals surface area contributed by atoms with E-state index in [-0.39, 0.29) is 16.4 Å². The highest BCUT2D eigenvalue weighted by Gasteiger charge is 2.59. The van der Waals surface area contributed by atoms with Crippen molar-refractivity contribution in [1.82, 2.24) is 0 Å². The molecule has 0 aromatic heterocycles. The van der Waals surface area contributed by atoms with Gasteiger partial charge in [-0.2, -0.15) is 0 Å². The molecule has 9 heteroatoms. The van der Waals surface area contributed by atoms with Gasteiger partial charge in [-0.15, -0.1) is 0 Å². The third-order valence-corrected chi connectivity index (χ3v) is 7.01. The molecular formula is C22H18N2O6S. The number of fused-ring (bicyclic) bond motifs is 5. The topological polar surface area (TPSA) is 108 Å². The fourth-order valence-corrected chi connectivity index (χ4v) is 5.70. The molecule has 1 saturated heterocycles. The van der Waals surface area contributed by atoms with Crippen LogP contribution in [0.4, 0.5) is 5.69 Å². The predicted octanol–water partition coefficient (Wildman–Crippen LogP) is 2.18. The highest BCUT2D eigenvalue weighted by Crippen LogP contribution is 2.56. The summed E-state index contributed by atoms with van der Waals surface area (Å²) < 4.78 is 16.2. The maximum Gasteiger partial charge on any atom is 0.342 e. The molecule has 2 N–H and O–H groups in total. The van der Waals surface area contributed by atoms with Gasteiger partial charge in [0.25, 0.3) is 0 Å². The van der Waals surface area contributed by atoms with Crippen molar-refractivity contribution in [3.8, 4) is 17.2 Å². The number of ether oxygens (including phenoxy) is 3. The van der Waals surface area contributed by atoms with E-state index in [0.717, 1.165) is 16.7 Å². The zero-order valence-electron chi connectivity index (χ0n) is 16.7. The van der Waals surface area contributed by atoms with Crippen molar-refractivity contribution in [2.45, 2.75) is 11.2 Å². The number of nitrogens with zero attached hydrogens (tertiary/aromatic N) is 1. The lowest BCUT2D eigenvalue weighted by Gasteiger charge is -2.36. The maximum absolute atomic E-state index is 13.6. The van der Waals surface area contributed by atoms with E-state index in [0.29, 0.717) is 22.7 Å². The summed E-state index contributed by atoms with van der Waals surface area (Å²) in [4.78, 5) is 41.0. The van der Waals surface area contributed by atoms with Gasteiger partial charge in [0, 0.05) is 11.5 Å². The highest BCUT2D eigenvalue weighted by molar-refractivity contribution is 8.04. The zero-order chi connectivity index (χ0) is 21.9. The Morgan fingerprint density at radius 2 is 1.68 bits per heavy atom. The van der Waals surface area contributed by atoms with Crippen LogP contribution < -0.4 is 24.8 Å². The molecule has 0 aliphatic carbocycles. The predicted molar refractivity (Wildman–Crippen MR) is 113 cm³/mol. The van der Waals surface area contributed by atoms with Gasteiger partial charge in [0.15, 0.2) is 11.5 Å². The van der Waals surface area contributed by atoms with Crippen molar-refractivity contribution >= 4 is 35.2 Å². The van der Waals surface area contributed by atoms with Crippen molar-refractivity contribution in [2.75, 3.05) is 19.1 Å². The molecular weight excluding hydrogens is 420 g/mol. The Morgan fingerprint density at radius 3 is 2.42 bits per heavy atom. The number of anilines is 1. The van der Waals surface area contributed by atoms with Crippen LogP contribution in [-0.2, 0) is 14.4 Å². The van der Waals surface area contributed by atoms with Gasteiger partial charge in [-0.3, -0.25) is 9.59 Å². The number of hydrogen-bond acceptors (Lipinski definition) is 8. The summed E-state index contributed by atoms with van der Waals surface area (Å²) in [5.74, 6) is -1.95. The number of carbonyl (C=O) groups excluding carboxylic acids is 3. The quantitative estimate of drug-likeness (QED) is 0.441. The fraction of sp³-hybridized carbons (Fsp3) is 0.227. The maximum atomic E-state index is 13.6. The number of thioether (sulfide) groups is 1. The van der Waals surface area contributed by atoms with Crippen LogP contribution >= 0.6 is 11.8 Å². The van der Waals surface area contributed by atoms with E-state index in [9.17, 15) is 14.4 Å². The summed E-state index contributed by atoms with van der Waals surface area (Å²) in [6, 6.07) is 12.0. The van der Waals surface area contributed by atoms with Gasteiger partial charge in [0.2, 0.25) is 11.8 Å². The first-order valence-electron chi connectivity index (χ1n) is 9.54. The number of carbonyl (C=O) groups is 3. The minimum atomic E-state index is -0.816. The fourth-order valence-electron chi connectivity index (χ4n) is 4.47. The van der Waals surface area contributed by atoms with E-state index in [1.54, 1.807) is 42.5 Å². The molecule has 0 saturated carbocycles. The molecule has 0 bridgehead atoms. The number of imide groups is 1. The lowest BCUT2D eigenvalue weighted by atomic mass is 9.77. The van der Waals surface area contributed by atoms with E-state index in [4.69, 9.17) is 19.9 Å². The molecule has 2 amide bonds. The van der Waals surface area contributed by atoms with E-state index in [1.165, 1.54) is 14.2 Å². The molecule has 31 heavy (non-hydrogen) atoms. The van der Waals surface area contributed by atoms with Crippen LogP contribution in [0.15, 0.2) is 53.1 Å². The number of methoxy groups -OCH3 is 2. The second-order valence-electron chi connectivity index (χ2n) is 7.27. The smallest absolute Gasteiger partial charge is 0.342 e. The van der Waals surface area contributed by atoms with Crippen LogP contribution in [0, 0.1) is 5.92 Å². The Bertz CT molecular complexity index is 1180.